The number of rotatable bonds is 6. The van der Waals surface area contributed by atoms with E-state index in [-0.39, 0.29) is 24.4 Å². The Morgan fingerprint density at radius 3 is 2.73 bits per heavy atom. The second kappa shape index (κ2) is 9.50. The quantitative estimate of drug-likeness (QED) is 0.785. The van der Waals surface area contributed by atoms with Gasteiger partial charge >= 0.3 is 0 Å². The molecule has 6 heteroatoms. The fourth-order valence-corrected chi connectivity index (χ4v) is 3.10. The van der Waals surface area contributed by atoms with E-state index < -0.39 is 0 Å². The molecule has 1 aliphatic rings. The van der Waals surface area contributed by atoms with Crippen LogP contribution in [-0.2, 0) is 4.79 Å². The molecule has 1 amide bonds. The molecule has 2 unspecified atom stereocenters. The highest BCUT2D eigenvalue weighted by Crippen LogP contribution is 2.17. The third-order valence-electron chi connectivity index (χ3n) is 3.98. The van der Waals surface area contributed by atoms with Crippen molar-refractivity contribution < 1.29 is 4.79 Å². The lowest BCUT2D eigenvalue weighted by molar-refractivity contribution is -0.122. The third-order valence-corrected chi connectivity index (χ3v) is 4.51. The van der Waals surface area contributed by atoms with Gasteiger partial charge in [-0.1, -0.05) is 28.1 Å². The fourth-order valence-electron chi connectivity index (χ4n) is 2.84. The number of halogens is 2. The lowest BCUT2D eigenvalue weighted by Crippen LogP contribution is -2.37. The standard InChI is InChI=1S/C16H24BrN3O.ClH/c1-12(14-3-5-15(17)6-4-14)19-16(21)11-20-8-7-13(10-20)9-18-2;/h3-6,12-13,18H,7-11H2,1-2H3,(H,19,21);1H. The lowest BCUT2D eigenvalue weighted by Gasteiger charge is -2.19. The number of carbonyl (C=O) groups excluding carboxylic acids is 1. The molecule has 2 N–H and O–H groups in total. The number of nitrogens with one attached hydrogen (secondary N) is 2. The summed E-state index contributed by atoms with van der Waals surface area (Å²) in [6.45, 7) is 5.59. The summed E-state index contributed by atoms with van der Waals surface area (Å²) in [6.07, 6.45) is 1.18. The number of carbonyl (C=O) groups is 1. The van der Waals surface area contributed by atoms with Crippen LogP contribution in [0.4, 0.5) is 0 Å². The Morgan fingerprint density at radius 1 is 1.41 bits per heavy atom. The SMILES string of the molecule is CNCC1CCN(CC(=O)NC(C)c2ccc(Br)cc2)C1.Cl. The summed E-state index contributed by atoms with van der Waals surface area (Å²) >= 11 is 3.42. The molecule has 0 aliphatic carbocycles. The smallest absolute Gasteiger partial charge is 0.234 e. The van der Waals surface area contributed by atoms with Crippen molar-refractivity contribution in [3.05, 3.63) is 34.3 Å². The topological polar surface area (TPSA) is 44.4 Å². The maximum Gasteiger partial charge on any atom is 0.234 e. The molecule has 22 heavy (non-hydrogen) atoms. The number of nitrogens with zero attached hydrogens (tertiary/aromatic N) is 1. The van der Waals surface area contributed by atoms with Gasteiger partial charge in [0.2, 0.25) is 5.91 Å². The Balaban J connectivity index is 0.00000242. The highest BCUT2D eigenvalue weighted by Gasteiger charge is 2.23. The first-order chi connectivity index (χ1) is 10.1. The molecule has 1 aromatic carbocycles. The van der Waals surface area contributed by atoms with Crippen molar-refractivity contribution in [2.45, 2.75) is 19.4 Å². The first-order valence-electron chi connectivity index (χ1n) is 7.50. The van der Waals surface area contributed by atoms with E-state index in [9.17, 15) is 4.79 Å². The van der Waals surface area contributed by atoms with Crippen molar-refractivity contribution in [1.29, 1.82) is 0 Å². The first-order valence-corrected chi connectivity index (χ1v) is 8.29. The van der Waals surface area contributed by atoms with E-state index in [1.165, 1.54) is 6.42 Å². The lowest BCUT2D eigenvalue weighted by atomic mass is 10.1. The Hall–Kier alpha value is -0.620. The predicted octanol–water partition coefficient (Wildman–Crippen LogP) is 2.59. The zero-order chi connectivity index (χ0) is 15.2. The molecule has 0 radical (unpaired) electrons. The first kappa shape index (κ1) is 19.4. The van der Waals surface area contributed by atoms with E-state index in [0.29, 0.717) is 12.5 Å². The van der Waals surface area contributed by atoms with Crippen LogP contribution in [0.2, 0.25) is 0 Å². The van der Waals surface area contributed by atoms with E-state index in [4.69, 9.17) is 0 Å². The minimum absolute atomic E-state index is 0. The summed E-state index contributed by atoms with van der Waals surface area (Å²) < 4.78 is 1.05. The van der Waals surface area contributed by atoms with E-state index in [1.54, 1.807) is 0 Å². The molecule has 124 valence electrons. The summed E-state index contributed by atoms with van der Waals surface area (Å²) in [4.78, 5) is 14.4. The van der Waals surface area contributed by atoms with Gasteiger partial charge < -0.3 is 10.6 Å². The van der Waals surface area contributed by atoms with Crippen molar-refractivity contribution in [1.82, 2.24) is 15.5 Å². The maximum atomic E-state index is 12.1. The summed E-state index contributed by atoms with van der Waals surface area (Å²) in [5, 5.41) is 6.29. The van der Waals surface area contributed by atoms with Gasteiger partial charge in [0.25, 0.3) is 0 Å². The van der Waals surface area contributed by atoms with Crippen molar-refractivity contribution in [2.24, 2.45) is 5.92 Å². The van der Waals surface area contributed by atoms with E-state index in [1.807, 2.05) is 38.2 Å². The zero-order valence-corrected chi connectivity index (χ0v) is 15.5. The number of likely N-dealkylation sites (tertiary alicyclic amines) is 1. The van der Waals surface area contributed by atoms with Gasteiger partial charge in [-0.3, -0.25) is 9.69 Å². The van der Waals surface area contributed by atoms with Crippen LogP contribution in [0.3, 0.4) is 0 Å². The maximum absolute atomic E-state index is 12.1. The predicted molar refractivity (Wildman–Crippen MR) is 96.4 cm³/mol. The number of hydrogen-bond acceptors (Lipinski definition) is 3. The molecular weight excluding hydrogens is 366 g/mol. The van der Waals surface area contributed by atoms with E-state index >= 15 is 0 Å². The molecule has 0 aromatic heterocycles. The van der Waals surface area contributed by atoms with E-state index in [0.717, 1.165) is 29.7 Å². The monoisotopic (exact) mass is 389 g/mol. The summed E-state index contributed by atoms with van der Waals surface area (Å²) in [5.74, 6) is 0.780. The van der Waals surface area contributed by atoms with Gasteiger partial charge in [0.05, 0.1) is 12.6 Å². The summed E-state index contributed by atoms with van der Waals surface area (Å²) in [6, 6.07) is 8.12. The van der Waals surface area contributed by atoms with Gasteiger partial charge in [-0.2, -0.15) is 0 Å². The minimum Gasteiger partial charge on any atom is -0.348 e. The number of amides is 1. The van der Waals surface area contributed by atoms with Crippen LogP contribution in [0, 0.1) is 5.92 Å². The van der Waals surface area contributed by atoms with Crippen molar-refractivity contribution in [2.75, 3.05) is 33.2 Å². The highest BCUT2D eigenvalue weighted by molar-refractivity contribution is 9.10. The molecule has 1 aliphatic heterocycles. The molecule has 1 aromatic rings. The Labute approximate surface area is 147 Å². The normalized spacial score (nSPS) is 19.5. The summed E-state index contributed by atoms with van der Waals surface area (Å²) in [7, 11) is 1.98. The average Bonchev–Trinajstić information content (AvgIpc) is 2.87. The number of hydrogen-bond donors (Lipinski definition) is 2. The fraction of sp³-hybridized carbons (Fsp3) is 0.562. The zero-order valence-electron chi connectivity index (χ0n) is 13.1. The van der Waals surface area contributed by atoms with Gasteiger partial charge in [-0.15, -0.1) is 12.4 Å². The average molecular weight is 391 g/mol. The Morgan fingerprint density at radius 2 is 2.09 bits per heavy atom. The molecule has 1 fully saturated rings. The van der Waals surface area contributed by atoms with Crippen LogP contribution in [0.25, 0.3) is 0 Å². The molecule has 0 bridgehead atoms. The van der Waals surface area contributed by atoms with Gasteiger partial charge in [-0.25, -0.2) is 0 Å². The van der Waals surface area contributed by atoms with Gasteiger partial charge in [0, 0.05) is 11.0 Å². The van der Waals surface area contributed by atoms with Crippen molar-refractivity contribution in [3.63, 3.8) is 0 Å². The minimum atomic E-state index is 0. The van der Waals surface area contributed by atoms with Crippen LogP contribution in [0.5, 0.6) is 0 Å². The van der Waals surface area contributed by atoms with Gasteiger partial charge in [0.15, 0.2) is 0 Å². The Bertz CT molecular complexity index is 469. The third kappa shape index (κ3) is 5.88. The van der Waals surface area contributed by atoms with Gasteiger partial charge in [0.1, 0.15) is 0 Å². The van der Waals surface area contributed by atoms with Crippen LogP contribution in [0.1, 0.15) is 24.9 Å². The van der Waals surface area contributed by atoms with Crippen molar-refractivity contribution >= 4 is 34.2 Å². The number of benzene rings is 1. The second-order valence-corrected chi connectivity index (χ2v) is 6.70. The molecule has 0 saturated carbocycles. The largest absolute Gasteiger partial charge is 0.348 e. The Kier molecular flexibility index (Phi) is 8.39. The van der Waals surface area contributed by atoms with E-state index in [2.05, 4.69) is 31.5 Å². The molecule has 0 spiro atoms. The molecule has 1 saturated heterocycles. The van der Waals surface area contributed by atoms with Gasteiger partial charge in [-0.05, 0) is 57.1 Å². The van der Waals surface area contributed by atoms with Crippen LogP contribution in [-0.4, -0.2) is 44.0 Å². The molecule has 2 atom stereocenters. The molecular formula is C16H25BrClN3O. The van der Waals surface area contributed by atoms with Crippen LogP contribution < -0.4 is 10.6 Å². The van der Waals surface area contributed by atoms with Crippen molar-refractivity contribution in [3.8, 4) is 0 Å². The molecule has 4 nitrogen and oxygen atoms in total. The second-order valence-electron chi connectivity index (χ2n) is 5.79. The highest BCUT2D eigenvalue weighted by atomic mass is 79.9. The molecule has 2 rings (SSSR count). The van der Waals surface area contributed by atoms with Crippen LogP contribution in [0.15, 0.2) is 28.7 Å². The molecule has 1 heterocycles. The summed E-state index contributed by atoms with van der Waals surface area (Å²) in [5.41, 5.74) is 1.13. The van der Waals surface area contributed by atoms with Crippen LogP contribution >= 0.6 is 28.3 Å².